The Hall–Kier alpha value is -0.0800. The number of nitrogens with zero attached hydrogens (tertiary/aromatic N) is 1. The second-order valence-corrected chi connectivity index (χ2v) is 6.26. The maximum absolute atomic E-state index is 11.8. The molecule has 0 aromatic heterocycles. The molecule has 1 rings (SSSR count). The van der Waals surface area contributed by atoms with Crippen LogP contribution in [-0.2, 0) is 4.79 Å². The molecule has 0 saturated heterocycles. The average Bonchev–Trinajstić information content (AvgIpc) is 2.06. The predicted molar refractivity (Wildman–Crippen MR) is 63.8 cm³/mol. The molecule has 3 heteroatoms. The summed E-state index contributed by atoms with van der Waals surface area (Å²) in [5.74, 6) is 1.46. The van der Waals surface area contributed by atoms with Crippen molar-refractivity contribution in [1.29, 1.82) is 0 Å². The van der Waals surface area contributed by atoms with Gasteiger partial charge in [0.25, 0.3) is 0 Å². The normalized spacial score (nSPS) is 26.8. The van der Waals surface area contributed by atoms with Gasteiger partial charge in [0.2, 0.25) is 0 Å². The number of carbonyl (C=O) groups is 1. The van der Waals surface area contributed by atoms with E-state index in [0.717, 1.165) is 25.8 Å². The molecule has 0 aliphatic heterocycles. The number of carbonyl (C=O) groups excluding carboxylic acids is 1. The lowest BCUT2D eigenvalue weighted by Crippen LogP contribution is -3.00. The quantitative estimate of drug-likeness (QED) is 0.660. The molecular formula is C13H25ClNO-. The van der Waals surface area contributed by atoms with Crippen molar-refractivity contribution in [3.63, 3.8) is 0 Å². The minimum Gasteiger partial charge on any atom is -1.00 e. The molecule has 0 spiro atoms. The van der Waals surface area contributed by atoms with Crippen LogP contribution in [0.25, 0.3) is 0 Å². The van der Waals surface area contributed by atoms with E-state index in [1.807, 2.05) is 14.1 Å². The second-order valence-electron chi connectivity index (χ2n) is 6.26. The van der Waals surface area contributed by atoms with Gasteiger partial charge in [-0.05, 0) is 38.3 Å². The molecule has 1 fully saturated rings. The van der Waals surface area contributed by atoms with Gasteiger partial charge >= 0.3 is 0 Å². The third-order valence-electron chi connectivity index (χ3n) is 3.57. The average molecular weight is 247 g/mol. The van der Waals surface area contributed by atoms with Crippen LogP contribution < -0.4 is 12.4 Å². The van der Waals surface area contributed by atoms with Crippen LogP contribution in [0.15, 0.2) is 0 Å². The van der Waals surface area contributed by atoms with E-state index in [1.165, 1.54) is 0 Å². The Labute approximate surface area is 106 Å². The summed E-state index contributed by atoms with van der Waals surface area (Å²) in [6, 6.07) is 0. The molecule has 0 heterocycles. The minimum atomic E-state index is 0. The number of Topliss-reactive ketones (excluding diaryl/α,β-unsaturated/α-hetero) is 1. The second kappa shape index (κ2) is 6.02. The molecule has 2 unspecified atom stereocenters. The highest BCUT2D eigenvalue weighted by Gasteiger charge is 2.34. The van der Waals surface area contributed by atoms with E-state index in [4.69, 9.17) is 0 Å². The first-order valence-electron chi connectivity index (χ1n) is 5.98. The Kier molecular flexibility index (Phi) is 5.99. The lowest BCUT2D eigenvalue weighted by atomic mass is 9.68. The molecule has 16 heavy (non-hydrogen) atoms. The fraction of sp³-hybridized carbons (Fsp3) is 0.923. The van der Waals surface area contributed by atoms with Crippen LogP contribution in [0.3, 0.4) is 0 Å². The van der Waals surface area contributed by atoms with Crippen LogP contribution >= 0.6 is 0 Å². The molecule has 1 saturated carbocycles. The highest BCUT2D eigenvalue weighted by Crippen LogP contribution is 2.38. The van der Waals surface area contributed by atoms with Gasteiger partial charge in [0.05, 0.1) is 0 Å². The minimum absolute atomic E-state index is 0. The molecule has 0 N–H and O–H groups in total. The highest BCUT2D eigenvalue weighted by molar-refractivity contribution is 5.82. The van der Waals surface area contributed by atoms with E-state index in [-0.39, 0.29) is 18.3 Å². The number of hydrogen-bond acceptors (Lipinski definition) is 2. The summed E-state index contributed by atoms with van der Waals surface area (Å²) in [6.45, 7) is 7.80. The van der Waals surface area contributed by atoms with Crippen LogP contribution in [0, 0.1) is 17.3 Å². The van der Waals surface area contributed by atoms with E-state index >= 15 is 0 Å². The van der Waals surface area contributed by atoms with Crippen molar-refractivity contribution in [2.45, 2.75) is 40.0 Å². The van der Waals surface area contributed by atoms with E-state index in [9.17, 15) is 4.79 Å². The van der Waals surface area contributed by atoms with Crippen molar-refractivity contribution in [2.75, 3.05) is 20.6 Å². The van der Waals surface area contributed by atoms with Crippen LogP contribution in [0.4, 0.5) is 0 Å². The molecular weight excluding hydrogens is 222 g/mol. The van der Waals surface area contributed by atoms with Gasteiger partial charge in [-0.2, -0.15) is 0 Å². The smallest absolute Gasteiger partial charge is 0.137 e. The van der Waals surface area contributed by atoms with Gasteiger partial charge < -0.3 is 17.3 Å². The fourth-order valence-electron chi connectivity index (χ4n) is 2.52. The Morgan fingerprint density at radius 1 is 1.31 bits per heavy atom. The Balaban J connectivity index is 0.00000225. The molecule has 0 radical (unpaired) electrons. The molecule has 96 valence electrons. The SMILES string of the molecule is CN(C)CC1CC(C(C)(C)C)CCC1=O.[Cl-]. The topological polar surface area (TPSA) is 20.3 Å². The zero-order valence-corrected chi connectivity index (χ0v) is 12.0. The van der Waals surface area contributed by atoms with Gasteiger partial charge in [0.1, 0.15) is 5.78 Å². The van der Waals surface area contributed by atoms with Crippen molar-refractivity contribution >= 4 is 5.78 Å². The summed E-state index contributed by atoms with van der Waals surface area (Å²) in [7, 11) is 4.10. The molecule has 0 aromatic carbocycles. The van der Waals surface area contributed by atoms with Crippen molar-refractivity contribution in [1.82, 2.24) is 4.90 Å². The molecule has 2 nitrogen and oxygen atoms in total. The van der Waals surface area contributed by atoms with Crippen LogP contribution in [0.5, 0.6) is 0 Å². The number of hydrogen-bond donors (Lipinski definition) is 0. The zero-order valence-electron chi connectivity index (χ0n) is 11.2. The molecule has 0 amide bonds. The Bertz CT molecular complexity index is 233. The largest absolute Gasteiger partial charge is 1.00 e. The van der Waals surface area contributed by atoms with Gasteiger partial charge in [-0.15, -0.1) is 0 Å². The van der Waals surface area contributed by atoms with Crippen molar-refractivity contribution < 1.29 is 17.2 Å². The van der Waals surface area contributed by atoms with E-state index in [1.54, 1.807) is 0 Å². The van der Waals surface area contributed by atoms with Crippen molar-refractivity contribution in [3.05, 3.63) is 0 Å². The maximum atomic E-state index is 11.8. The van der Waals surface area contributed by atoms with E-state index in [0.29, 0.717) is 17.1 Å². The predicted octanol–water partition coefficient (Wildman–Crippen LogP) is -0.416. The third-order valence-corrected chi connectivity index (χ3v) is 3.57. The van der Waals surface area contributed by atoms with Crippen molar-refractivity contribution in [2.24, 2.45) is 17.3 Å². The lowest BCUT2D eigenvalue weighted by molar-refractivity contribution is -0.127. The summed E-state index contributed by atoms with van der Waals surface area (Å²) in [4.78, 5) is 13.9. The Morgan fingerprint density at radius 3 is 2.31 bits per heavy atom. The molecule has 1 aliphatic rings. The molecule has 2 atom stereocenters. The van der Waals surface area contributed by atoms with Crippen LogP contribution in [0.1, 0.15) is 40.0 Å². The summed E-state index contributed by atoms with van der Waals surface area (Å²) >= 11 is 0. The van der Waals surface area contributed by atoms with E-state index in [2.05, 4.69) is 25.7 Å². The Morgan fingerprint density at radius 2 is 1.88 bits per heavy atom. The highest BCUT2D eigenvalue weighted by atomic mass is 35.5. The molecule has 1 aliphatic carbocycles. The summed E-state index contributed by atoms with van der Waals surface area (Å²) in [6.07, 6.45) is 2.97. The summed E-state index contributed by atoms with van der Waals surface area (Å²) < 4.78 is 0. The first-order chi connectivity index (χ1) is 6.80. The van der Waals surface area contributed by atoms with Gasteiger partial charge in [0, 0.05) is 18.9 Å². The standard InChI is InChI=1S/C13H25NO.ClH/c1-13(2,3)11-6-7-12(15)10(8-11)9-14(4)5;/h10-11H,6-9H2,1-5H3;1H/p-1. The molecule has 0 bridgehead atoms. The zero-order chi connectivity index (χ0) is 11.6. The lowest BCUT2D eigenvalue weighted by Gasteiger charge is -2.37. The fourth-order valence-corrected chi connectivity index (χ4v) is 2.52. The third kappa shape index (κ3) is 4.42. The van der Waals surface area contributed by atoms with Crippen LogP contribution in [0.2, 0.25) is 0 Å². The first-order valence-corrected chi connectivity index (χ1v) is 5.98. The maximum Gasteiger partial charge on any atom is 0.137 e. The monoisotopic (exact) mass is 246 g/mol. The van der Waals surface area contributed by atoms with E-state index < -0.39 is 0 Å². The molecule has 0 aromatic rings. The van der Waals surface area contributed by atoms with Gasteiger partial charge in [-0.3, -0.25) is 4.79 Å². The number of rotatable bonds is 2. The van der Waals surface area contributed by atoms with Gasteiger partial charge in [-0.25, -0.2) is 0 Å². The van der Waals surface area contributed by atoms with Crippen molar-refractivity contribution in [3.8, 4) is 0 Å². The summed E-state index contributed by atoms with van der Waals surface area (Å²) in [5.41, 5.74) is 0.352. The number of ketones is 1. The van der Waals surface area contributed by atoms with Gasteiger partial charge in [-0.1, -0.05) is 20.8 Å². The summed E-state index contributed by atoms with van der Waals surface area (Å²) in [5, 5.41) is 0. The first kappa shape index (κ1) is 15.9. The number of halogens is 1. The van der Waals surface area contributed by atoms with Crippen LogP contribution in [-0.4, -0.2) is 31.3 Å². The van der Waals surface area contributed by atoms with Gasteiger partial charge in [0.15, 0.2) is 0 Å².